The van der Waals surface area contributed by atoms with Crippen molar-refractivity contribution in [3.63, 3.8) is 0 Å². The molecule has 8 nitrogen and oxygen atoms in total. The number of aliphatic hydroxyl groups excluding tert-OH is 1. The van der Waals surface area contributed by atoms with Crippen molar-refractivity contribution in [2.45, 2.75) is 83.7 Å². The Morgan fingerprint density at radius 1 is 1.15 bits per heavy atom. The van der Waals surface area contributed by atoms with Gasteiger partial charge in [-0.25, -0.2) is 0 Å². The molecule has 224 valence electrons. The molecule has 0 radical (unpaired) electrons. The zero-order valence-corrected chi connectivity index (χ0v) is 23.8. The SMILES string of the molecule is COc1ccccc1C(O)CN(C(=O)c1cnn(C2CCC(C)(C(=O)O)CC2)c1C(F)(F)F)C1C[C@@H]2[C@H](C1)C2(C)C. The number of carbonyl (C=O) groups is 2. The summed E-state index contributed by atoms with van der Waals surface area (Å²) in [6.07, 6.45) is -2.88. The normalized spacial score (nSPS) is 29.5. The molecule has 11 heteroatoms. The summed E-state index contributed by atoms with van der Waals surface area (Å²) in [6, 6.07) is 5.85. The molecule has 3 fully saturated rings. The molecule has 4 atom stereocenters. The van der Waals surface area contributed by atoms with Crippen LogP contribution < -0.4 is 4.74 Å². The van der Waals surface area contributed by atoms with Crippen LogP contribution in [-0.2, 0) is 11.0 Å². The Balaban J connectivity index is 1.46. The van der Waals surface area contributed by atoms with Crippen LogP contribution in [0.2, 0.25) is 0 Å². The summed E-state index contributed by atoms with van der Waals surface area (Å²) in [4.78, 5) is 27.1. The molecular weight excluding hydrogens is 539 g/mol. The number of alkyl halides is 3. The number of carboxylic acids is 1. The Kier molecular flexibility index (Phi) is 7.41. The zero-order valence-electron chi connectivity index (χ0n) is 23.8. The Hall–Kier alpha value is -3.08. The van der Waals surface area contributed by atoms with E-state index < -0.39 is 46.9 Å². The average molecular weight is 578 g/mol. The van der Waals surface area contributed by atoms with Crippen molar-refractivity contribution < 1.29 is 37.7 Å². The van der Waals surface area contributed by atoms with Gasteiger partial charge in [-0.05, 0) is 68.8 Å². The van der Waals surface area contributed by atoms with E-state index in [4.69, 9.17) is 4.74 Å². The number of aromatic nitrogens is 2. The summed E-state index contributed by atoms with van der Waals surface area (Å²) >= 11 is 0. The number of hydrogen-bond acceptors (Lipinski definition) is 5. The third-order valence-electron chi connectivity index (χ3n) is 10.1. The number of benzene rings is 1. The molecule has 2 N–H and O–H groups in total. The lowest BCUT2D eigenvalue weighted by Gasteiger charge is -2.35. The zero-order chi connectivity index (χ0) is 29.9. The van der Waals surface area contributed by atoms with Gasteiger partial charge in [0.25, 0.3) is 5.91 Å². The van der Waals surface area contributed by atoms with Crippen LogP contribution in [0.1, 0.15) is 93.1 Å². The van der Waals surface area contributed by atoms with Gasteiger partial charge in [-0.15, -0.1) is 0 Å². The smallest absolute Gasteiger partial charge is 0.433 e. The first-order valence-corrected chi connectivity index (χ1v) is 14.2. The predicted octanol–water partition coefficient (Wildman–Crippen LogP) is 5.73. The second-order valence-electron chi connectivity index (χ2n) is 12.8. The molecule has 3 saturated carbocycles. The van der Waals surface area contributed by atoms with Crippen LogP contribution >= 0.6 is 0 Å². The van der Waals surface area contributed by atoms with Gasteiger partial charge in [0.2, 0.25) is 0 Å². The van der Waals surface area contributed by atoms with Crippen molar-refractivity contribution in [1.29, 1.82) is 0 Å². The quantitative estimate of drug-likeness (QED) is 0.416. The number of para-hydroxylation sites is 1. The van der Waals surface area contributed by atoms with Crippen LogP contribution in [0.25, 0.3) is 0 Å². The molecule has 1 heterocycles. The molecule has 0 spiro atoms. The number of nitrogens with zero attached hydrogens (tertiary/aromatic N) is 3. The molecule has 3 aliphatic carbocycles. The fourth-order valence-electron chi connectivity index (χ4n) is 7.29. The number of aliphatic carboxylic acids is 1. The molecule has 41 heavy (non-hydrogen) atoms. The van der Waals surface area contributed by atoms with E-state index in [1.807, 2.05) is 0 Å². The summed E-state index contributed by atoms with van der Waals surface area (Å²) < 4.78 is 50.0. The van der Waals surface area contributed by atoms with Gasteiger partial charge >= 0.3 is 12.1 Å². The Bertz CT molecular complexity index is 1300. The standard InChI is InChI=1S/C30H38F3N3O5/c1-28(2)21-13-18(14-22(21)28)35(16-23(37)19-7-5-6-8-24(19)41-4)26(38)20-15-34-36(25(20)30(31,32)33)17-9-11-29(3,12-10-17)27(39)40/h5-8,15,17-18,21-23,37H,9-14,16H2,1-4H3,(H,39,40)/t17?,18?,21-,22+,23?,29?. The number of amides is 1. The van der Waals surface area contributed by atoms with Gasteiger partial charge in [0.15, 0.2) is 5.69 Å². The molecule has 1 aromatic heterocycles. The highest BCUT2D eigenvalue weighted by atomic mass is 19.4. The lowest BCUT2D eigenvalue weighted by molar-refractivity contribution is -0.152. The van der Waals surface area contributed by atoms with Gasteiger partial charge in [-0.3, -0.25) is 14.3 Å². The molecule has 1 aromatic carbocycles. The molecule has 5 rings (SSSR count). The van der Waals surface area contributed by atoms with Crippen LogP contribution in [-0.4, -0.2) is 56.5 Å². The Labute approximate surface area is 237 Å². The molecule has 0 bridgehead atoms. The summed E-state index contributed by atoms with van der Waals surface area (Å²) in [6.45, 7) is 5.75. The van der Waals surface area contributed by atoms with Crippen molar-refractivity contribution in [2.75, 3.05) is 13.7 Å². The number of halogens is 3. The molecule has 2 unspecified atom stereocenters. The maximum atomic E-state index is 14.6. The number of ether oxygens (including phenoxy) is 1. The highest BCUT2D eigenvalue weighted by molar-refractivity contribution is 5.95. The number of aliphatic hydroxyl groups is 1. The Morgan fingerprint density at radius 2 is 1.76 bits per heavy atom. The first kappa shape index (κ1) is 29.4. The first-order chi connectivity index (χ1) is 19.2. The number of fused-ring (bicyclic) bond motifs is 1. The van der Waals surface area contributed by atoms with Gasteiger partial charge in [-0.2, -0.15) is 18.3 Å². The highest BCUT2D eigenvalue weighted by Gasteiger charge is 2.63. The van der Waals surface area contributed by atoms with Gasteiger partial charge in [-0.1, -0.05) is 32.0 Å². The maximum Gasteiger partial charge on any atom is 0.433 e. The van der Waals surface area contributed by atoms with Gasteiger partial charge in [0.1, 0.15) is 11.9 Å². The number of rotatable bonds is 8. The maximum absolute atomic E-state index is 14.6. The monoisotopic (exact) mass is 577 g/mol. The second-order valence-corrected chi connectivity index (χ2v) is 12.8. The molecular formula is C30H38F3N3O5. The predicted molar refractivity (Wildman–Crippen MR) is 143 cm³/mol. The van der Waals surface area contributed by atoms with Crippen LogP contribution in [0.3, 0.4) is 0 Å². The van der Waals surface area contributed by atoms with Crippen molar-refractivity contribution >= 4 is 11.9 Å². The molecule has 1 amide bonds. The molecule has 0 saturated heterocycles. The first-order valence-electron chi connectivity index (χ1n) is 14.2. The van der Waals surface area contributed by atoms with Gasteiger partial charge in [0, 0.05) is 11.6 Å². The van der Waals surface area contributed by atoms with E-state index in [0.717, 1.165) is 10.9 Å². The van der Waals surface area contributed by atoms with Crippen molar-refractivity contribution in [1.82, 2.24) is 14.7 Å². The summed E-state index contributed by atoms with van der Waals surface area (Å²) in [5.41, 5.74) is -2.07. The average Bonchev–Trinajstić information content (AvgIpc) is 3.35. The van der Waals surface area contributed by atoms with E-state index in [1.54, 1.807) is 31.2 Å². The lowest BCUT2D eigenvalue weighted by Crippen LogP contribution is -2.43. The fourth-order valence-corrected chi connectivity index (χ4v) is 7.29. The number of methoxy groups -OCH3 is 1. The minimum atomic E-state index is -4.86. The summed E-state index contributed by atoms with van der Waals surface area (Å²) in [7, 11) is 1.47. The minimum Gasteiger partial charge on any atom is -0.496 e. The van der Waals surface area contributed by atoms with E-state index >= 15 is 0 Å². The fraction of sp³-hybridized carbons (Fsp3) is 0.633. The summed E-state index contributed by atoms with van der Waals surface area (Å²) in [5.74, 6) is -0.598. The topological polar surface area (TPSA) is 105 Å². The third kappa shape index (κ3) is 5.21. The molecule has 2 aromatic rings. The van der Waals surface area contributed by atoms with E-state index in [2.05, 4.69) is 18.9 Å². The van der Waals surface area contributed by atoms with Crippen LogP contribution in [0.5, 0.6) is 5.75 Å². The largest absolute Gasteiger partial charge is 0.496 e. The minimum absolute atomic E-state index is 0.139. The third-order valence-corrected chi connectivity index (χ3v) is 10.1. The van der Waals surface area contributed by atoms with E-state index in [9.17, 15) is 33.0 Å². The Morgan fingerprint density at radius 3 is 2.32 bits per heavy atom. The van der Waals surface area contributed by atoms with Crippen molar-refractivity contribution in [2.24, 2.45) is 22.7 Å². The number of carboxylic acid groups (broad SMARTS) is 1. The highest BCUT2D eigenvalue weighted by Crippen LogP contribution is 2.67. The lowest BCUT2D eigenvalue weighted by atomic mass is 9.74. The summed E-state index contributed by atoms with van der Waals surface area (Å²) in [5, 5.41) is 24.8. The van der Waals surface area contributed by atoms with Crippen LogP contribution in [0, 0.1) is 22.7 Å². The second kappa shape index (κ2) is 10.3. The van der Waals surface area contributed by atoms with Gasteiger partial charge in [0.05, 0.1) is 36.9 Å². The van der Waals surface area contributed by atoms with E-state index in [1.165, 1.54) is 12.0 Å². The van der Waals surface area contributed by atoms with Crippen molar-refractivity contribution in [3.05, 3.63) is 47.3 Å². The van der Waals surface area contributed by atoms with Crippen LogP contribution in [0.4, 0.5) is 13.2 Å². The van der Waals surface area contributed by atoms with Crippen LogP contribution in [0.15, 0.2) is 30.5 Å². The van der Waals surface area contributed by atoms with Gasteiger partial charge < -0.3 is 19.8 Å². The number of carbonyl (C=O) groups excluding carboxylic acids is 1. The van der Waals surface area contributed by atoms with Crippen molar-refractivity contribution in [3.8, 4) is 5.75 Å². The molecule has 0 aliphatic heterocycles. The molecule has 3 aliphatic rings. The van der Waals surface area contributed by atoms with E-state index in [-0.39, 0.29) is 43.7 Å². The van der Waals surface area contributed by atoms with E-state index in [0.29, 0.717) is 36.0 Å². The number of hydrogen-bond donors (Lipinski definition) is 2.